The number of hydrogen-bond donors (Lipinski definition) is 0. The van der Waals surface area contributed by atoms with Crippen molar-refractivity contribution in [2.75, 3.05) is 6.61 Å². The van der Waals surface area contributed by atoms with Crippen LogP contribution in [0.5, 0.6) is 0 Å². The minimum atomic E-state index is -3.20. The third kappa shape index (κ3) is 21.4. The molecule has 0 N–H and O–H groups in total. The number of carbonyl (C=O) groups excluding carboxylic acids is 2. The minimum absolute atomic E-state index is 0.0268. The van der Waals surface area contributed by atoms with Gasteiger partial charge in [0.25, 0.3) is 0 Å². The molecular weight excluding hydrogens is 577 g/mol. The van der Waals surface area contributed by atoms with E-state index in [1.807, 2.05) is 0 Å². The number of hydrogen-bond acceptors (Lipinski definition) is 13. The Kier molecular flexibility index (Phi) is 18.7. The Balaban J connectivity index is 5.22. The zero-order chi connectivity index (χ0) is 30.2. The van der Waals surface area contributed by atoms with Crippen molar-refractivity contribution in [3.63, 3.8) is 0 Å². The van der Waals surface area contributed by atoms with Gasteiger partial charge >= 0.3 is 36.7 Å². The molecule has 0 saturated carbocycles. The second kappa shape index (κ2) is 19.2. The second-order valence-electron chi connectivity index (χ2n) is 10.7. The first-order chi connectivity index (χ1) is 17.9. The molecule has 0 aliphatic rings. The van der Waals surface area contributed by atoms with Gasteiger partial charge in [-0.2, -0.15) is 0 Å². The molecule has 13 nitrogen and oxygen atoms in total. The molecule has 0 saturated heterocycles. The van der Waals surface area contributed by atoms with Crippen molar-refractivity contribution in [2.24, 2.45) is 5.41 Å². The van der Waals surface area contributed by atoms with Crippen LogP contribution in [0.25, 0.3) is 0 Å². The summed E-state index contributed by atoms with van der Waals surface area (Å²) in [6.07, 6.45) is 0.111. The molecule has 0 fully saturated rings. The second-order valence-corrected chi connectivity index (χ2v) is 12.7. The van der Waals surface area contributed by atoms with Gasteiger partial charge in [0.1, 0.15) is 23.9 Å². The number of ether oxygens (including phenoxy) is 2. The number of carbonyl (C=O) groups is 2. The maximum atomic E-state index is 12.5. The molecule has 0 aromatic heterocycles. The van der Waals surface area contributed by atoms with Crippen LogP contribution in [0.4, 0.5) is 0 Å². The lowest BCUT2D eigenvalue weighted by Crippen LogP contribution is -2.38. The molecule has 0 aromatic carbocycles. The summed E-state index contributed by atoms with van der Waals surface area (Å²) in [5.41, 5.74) is -1.68. The number of rotatable bonds is 21. The first-order valence-electron chi connectivity index (χ1n) is 12.7. The lowest BCUT2D eigenvalue weighted by Gasteiger charge is -2.36. The van der Waals surface area contributed by atoms with Crippen molar-refractivity contribution in [3.8, 4) is 0 Å². The van der Waals surface area contributed by atoms with Crippen LogP contribution >= 0.6 is 24.8 Å². The quantitative estimate of drug-likeness (QED) is 0.103. The molecule has 6 atom stereocenters. The highest BCUT2D eigenvalue weighted by Gasteiger charge is 2.40. The van der Waals surface area contributed by atoms with Gasteiger partial charge in [0.05, 0.1) is 6.61 Å². The largest absolute Gasteiger partial charge is 0.566 e. The van der Waals surface area contributed by atoms with Crippen molar-refractivity contribution >= 4 is 36.7 Å². The van der Waals surface area contributed by atoms with Gasteiger partial charge in [0.15, 0.2) is 0 Å². The third-order valence-corrected chi connectivity index (χ3v) is 7.03. The van der Waals surface area contributed by atoms with Gasteiger partial charge < -0.3 is 24.2 Å². The highest BCUT2D eigenvalue weighted by Crippen LogP contribution is 2.40. The molecule has 39 heavy (non-hydrogen) atoms. The Bertz CT molecular complexity index is 756. The van der Waals surface area contributed by atoms with Gasteiger partial charge in [-0.3, -0.25) is 9.59 Å². The van der Waals surface area contributed by atoms with Gasteiger partial charge in [-0.05, 0) is 87.3 Å². The van der Waals surface area contributed by atoms with E-state index in [1.54, 1.807) is 20.8 Å². The summed E-state index contributed by atoms with van der Waals surface area (Å²) in [6.45, 7) is 9.51. The van der Waals surface area contributed by atoms with E-state index in [0.29, 0.717) is 25.7 Å². The Morgan fingerprint density at radius 3 is 1.36 bits per heavy atom. The Labute approximate surface area is 233 Å². The monoisotopic (exact) mass is 618 g/mol. The standard InChI is InChI=1S/C23H41O13P3/c1-17(34-37(26)27)13-23(14-18(2)35-38(28)29,15-19(3)36-39(30)31)16-32-20(24)11-9-7-8-10-12-21(25)33-22(4,5)6/h17-19H,7-16H2,1-6H3. The van der Waals surface area contributed by atoms with E-state index in [2.05, 4.69) is 0 Å². The highest BCUT2D eigenvalue weighted by molar-refractivity contribution is 7.30. The summed E-state index contributed by atoms with van der Waals surface area (Å²) in [4.78, 5) is 57.5. The smallest absolute Gasteiger partial charge is 0.488 e. The Morgan fingerprint density at radius 1 is 0.667 bits per heavy atom. The van der Waals surface area contributed by atoms with Crippen LogP contribution in [-0.4, -0.2) is 42.5 Å². The molecule has 0 radical (unpaired) electrons. The van der Waals surface area contributed by atoms with E-state index in [4.69, 9.17) is 23.0 Å². The summed E-state index contributed by atoms with van der Waals surface area (Å²) in [6, 6.07) is 0. The Hall–Kier alpha value is -1.00. The van der Waals surface area contributed by atoms with Gasteiger partial charge in [-0.1, -0.05) is 12.8 Å². The van der Waals surface area contributed by atoms with Crippen LogP contribution in [0.1, 0.15) is 99.3 Å². The summed E-state index contributed by atoms with van der Waals surface area (Å²) in [5.74, 6) is -0.820. The van der Waals surface area contributed by atoms with E-state index >= 15 is 0 Å². The van der Waals surface area contributed by atoms with Gasteiger partial charge in [-0.25, -0.2) is 0 Å². The number of esters is 2. The normalized spacial score (nSPS) is 16.9. The first kappa shape index (κ1) is 38.0. The topological polar surface area (TPSA) is 201 Å². The molecule has 0 amide bonds. The van der Waals surface area contributed by atoms with Gasteiger partial charge in [0, 0.05) is 18.3 Å². The van der Waals surface area contributed by atoms with Crippen LogP contribution in [0.2, 0.25) is 0 Å². The van der Waals surface area contributed by atoms with Gasteiger partial charge in [-0.15, -0.1) is 13.6 Å². The molecule has 6 unspecified atom stereocenters. The average molecular weight is 618 g/mol. The molecule has 0 spiro atoms. The first-order valence-corrected chi connectivity index (χ1v) is 16.0. The minimum Gasteiger partial charge on any atom is -0.566 e. The van der Waals surface area contributed by atoms with Crippen molar-refractivity contribution in [1.82, 2.24) is 0 Å². The summed E-state index contributed by atoms with van der Waals surface area (Å²) in [5, 5.41) is 0. The van der Waals surface area contributed by atoms with Crippen LogP contribution in [0.15, 0.2) is 0 Å². The van der Waals surface area contributed by atoms with E-state index < -0.39 is 60.1 Å². The zero-order valence-corrected chi connectivity index (χ0v) is 26.1. The molecule has 0 bridgehead atoms. The lowest BCUT2D eigenvalue weighted by molar-refractivity contribution is -0.192. The fourth-order valence-corrected chi connectivity index (χ4v) is 5.50. The summed E-state index contributed by atoms with van der Waals surface area (Å²) < 4.78 is 58.5. The van der Waals surface area contributed by atoms with Crippen molar-refractivity contribution in [1.29, 1.82) is 0 Å². The maximum absolute atomic E-state index is 12.5. The van der Waals surface area contributed by atoms with Crippen LogP contribution in [0.3, 0.4) is 0 Å². The SMILES string of the molecule is CC(CC(COC(=O)CCCCCCC(=O)OC(C)(C)C)(CC(C)O[P+](=O)[O-])CC(C)O[P+](=O)[O-])O[P+](=O)[O-]. The lowest BCUT2D eigenvalue weighted by atomic mass is 9.74. The summed E-state index contributed by atoms with van der Waals surface area (Å²) >= 11 is 0. The van der Waals surface area contributed by atoms with Crippen LogP contribution in [-0.2, 0) is 46.3 Å². The molecule has 16 heteroatoms. The third-order valence-electron chi connectivity index (χ3n) is 5.43. The van der Waals surface area contributed by atoms with Crippen LogP contribution in [0, 0.1) is 5.41 Å². The van der Waals surface area contributed by atoms with Crippen molar-refractivity contribution < 1.29 is 61.0 Å². The molecule has 0 aliphatic heterocycles. The van der Waals surface area contributed by atoms with E-state index in [-0.39, 0.29) is 44.7 Å². The predicted octanol–water partition coefficient (Wildman–Crippen LogP) is 3.64. The molecule has 0 aromatic rings. The molecular formula is C23H41O13P3. The highest BCUT2D eigenvalue weighted by atomic mass is 31.1. The fourth-order valence-electron chi connectivity index (χ4n) is 4.40. The molecule has 0 rings (SSSR count). The maximum Gasteiger partial charge on any atom is 0.488 e. The molecule has 226 valence electrons. The molecule has 0 heterocycles. The predicted molar refractivity (Wildman–Crippen MR) is 135 cm³/mol. The van der Waals surface area contributed by atoms with E-state index in [9.17, 15) is 38.0 Å². The van der Waals surface area contributed by atoms with Crippen molar-refractivity contribution in [3.05, 3.63) is 0 Å². The molecule has 0 aliphatic carbocycles. The van der Waals surface area contributed by atoms with Crippen molar-refractivity contribution in [2.45, 2.75) is 123 Å². The zero-order valence-electron chi connectivity index (χ0n) is 23.5. The Morgan fingerprint density at radius 2 is 1.03 bits per heavy atom. The number of unbranched alkanes of at least 4 members (excludes halogenated alkanes) is 3. The average Bonchev–Trinajstić information content (AvgIpc) is 2.71. The van der Waals surface area contributed by atoms with Gasteiger partial charge in [0.2, 0.25) is 0 Å². The fraction of sp³-hybridized carbons (Fsp3) is 0.913. The van der Waals surface area contributed by atoms with E-state index in [0.717, 1.165) is 0 Å². The summed E-state index contributed by atoms with van der Waals surface area (Å²) in [7, 11) is -9.60. The van der Waals surface area contributed by atoms with E-state index in [1.165, 1.54) is 20.8 Å². The van der Waals surface area contributed by atoms with Crippen LogP contribution < -0.4 is 14.7 Å².